The molecule has 1 fully saturated rings. The van der Waals surface area contributed by atoms with Crippen molar-refractivity contribution in [2.45, 2.75) is 19.9 Å². The van der Waals surface area contributed by atoms with Gasteiger partial charge < -0.3 is 0 Å². The zero-order chi connectivity index (χ0) is 9.97. The van der Waals surface area contributed by atoms with Crippen molar-refractivity contribution in [3.8, 4) is 0 Å². The van der Waals surface area contributed by atoms with E-state index in [1.165, 1.54) is 11.1 Å². The zero-order valence-corrected chi connectivity index (χ0v) is 8.49. The van der Waals surface area contributed by atoms with Crippen LogP contribution < -0.4 is 0 Å². The summed E-state index contributed by atoms with van der Waals surface area (Å²) in [4.78, 5) is 13.3. The van der Waals surface area contributed by atoms with E-state index in [1.54, 1.807) is 0 Å². The molecule has 0 saturated carbocycles. The van der Waals surface area contributed by atoms with Gasteiger partial charge in [-0.15, -0.1) is 0 Å². The first-order valence-electron chi connectivity index (χ1n) is 5.04. The van der Waals surface area contributed by atoms with Gasteiger partial charge in [0, 0.05) is 19.5 Å². The number of likely N-dealkylation sites (tertiary alicyclic amines) is 1. The zero-order valence-electron chi connectivity index (χ0n) is 8.49. The number of benzene rings is 1. The molecule has 2 rings (SSSR count). The van der Waals surface area contributed by atoms with E-state index in [2.05, 4.69) is 30.0 Å². The summed E-state index contributed by atoms with van der Waals surface area (Å²) >= 11 is 0. The number of carbonyl (C=O) groups is 1. The van der Waals surface area contributed by atoms with Crippen LogP contribution in [0.3, 0.4) is 0 Å². The minimum absolute atomic E-state index is 0.374. The fourth-order valence-corrected chi connectivity index (χ4v) is 1.85. The second-order valence-corrected chi connectivity index (χ2v) is 3.93. The van der Waals surface area contributed by atoms with Gasteiger partial charge in [0.1, 0.15) is 5.78 Å². The Bertz CT molecular complexity index is 346. The average Bonchev–Trinajstić information content (AvgIpc) is 2.56. The van der Waals surface area contributed by atoms with E-state index in [0.717, 1.165) is 19.5 Å². The minimum Gasteiger partial charge on any atom is -0.298 e. The van der Waals surface area contributed by atoms with Gasteiger partial charge in [0.15, 0.2) is 0 Å². The SMILES string of the molecule is Cc1ccccc1CN1CCC(=O)C1. The summed E-state index contributed by atoms with van der Waals surface area (Å²) < 4.78 is 0. The standard InChI is InChI=1S/C12H15NO/c1-10-4-2-3-5-11(10)8-13-7-6-12(14)9-13/h2-5H,6-9H2,1H3. The summed E-state index contributed by atoms with van der Waals surface area (Å²) in [6.45, 7) is 4.59. The maximum absolute atomic E-state index is 11.1. The van der Waals surface area contributed by atoms with Crippen molar-refractivity contribution >= 4 is 5.78 Å². The van der Waals surface area contributed by atoms with E-state index in [-0.39, 0.29) is 0 Å². The minimum atomic E-state index is 0.374. The molecule has 0 radical (unpaired) electrons. The number of hydrogen-bond acceptors (Lipinski definition) is 2. The van der Waals surface area contributed by atoms with Crippen LogP contribution in [0.1, 0.15) is 17.5 Å². The Morgan fingerprint density at radius 2 is 2.14 bits per heavy atom. The first kappa shape index (κ1) is 9.41. The fourth-order valence-electron chi connectivity index (χ4n) is 1.85. The van der Waals surface area contributed by atoms with Gasteiger partial charge >= 0.3 is 0 Å². The number of Topliss-reactive ketones (excluding diaryl/α,β-unsaturated/α-hetero) is 1. The Morgan fingerprint density at radius 3 is 2.79 bits per heavy atom. The van der Waals surface area contributed by atoms with Crippen molar-refractivity contribution in [3.05, 3.63) is 35.4 Å². The molecular formula is C12H15NO. The second-order valence-electron chi connectivity index (χ2n) is 3.93. The van der Waals surface area contributed by atoms with Crippen LogP contribution >= 0.6 is 0 Å². The summed E-state index contributed by atoms with van der Waals surface area (Å²) in [7, 11) is 0. The first-order valence-corrected chi connectivity index (χ1v) is 5.04. The van der Waals surface area contributed by atoms with Gasteiger partial charge in [-0.2, -0.15) is 0 Å². The largest absolute Gasteiger partial charge is 0.298 e. The number of nitrogens with zero attached hydrogens (tertiary/aromatic N) is 1. The molecular weight excluding hydrogens is 174 g/mol. The normalized spacial score (nSPS) is 17.6. The number of aryl methyl sites for hydroxylation is 1. The van der Waals surface area contributed by atoms with Gasteiger partial charge in [-0.05, 0) is 18.1 Å². The third kappa shape index (κ3) is 2.02. The predicted octanol–water partition coefficient (Wildman–Crippen LogP) is 1.77. The molecule has 0 amide bonds. The third-order valence-electron chi connectivity index (χ3n) is 2.76. The smallest absolute Gasteiger partial charge is 0.148 e. The van der Waals surface area contributed by atoms with Crippen LogP contribution in [0.15, 0.2) is 24.3 Å². The van der Waals surface area contributed by atoms with Gasteiger partial charge in [0.05, 0.1) is 6.54 Å². The monoisotopic (exact) mass is 189 g/mol. The first-order chi connectivity index (χ1) is 6.75. The molecule has 1 aromatic carbocycles. The molecule has 0 aliphatic carbocycles. The lowest BCUT2D eigenvalue weighted by Crippen LogP contribution is -2.20. The van der Waals surface area contributed by atoms with Crippen molar-refractivity contribution < 1.29 is 4.79 Å². The topological polar surface area (TPSA) is 20.3 Å². The second kappa shape index (κ2) is 3.93. The highest BCUT2D eigenvalue weighted by Gasteiger charge is 2.19. The summed E-state index contributed by atoms with van der Waals surface area (Å²) in [5, 5.41) is 0. The van der Waals surface area contributed by atoms with Gasteiger partial charge in [0.2, 0.25) is 0 Å². The maximum Gasteiger partial charge on any atom is 0.148 e. The van der Waals surface area contributed by atoms with E-state index in [4.69, 9.17) is 0 Å². The lowest BCUT2D eigenvalue weighted by Gasteiger charge is -2.14. The van der Waals surface area contributed by atoms with Crippen LogP contribution in [0.2, 0.25) is 0 Å². The molecule has 0 N–H and O–H groups in total. The van der Waals surface area contributed by atoms with Crippen molar-refractivity contribution in [2.75, 3.05) is 13.1 Å². The fraction of sp³-hybridized carbons (Fsp3) is 0.417. The van der Waals surface area contributed by atoms with Crippen LogP contribution in [0.4, 0.5) is 0 Å². The van der Waals surface area contributed by atoms with Gasteiger partial charge in [-0.3, -0.25) is 9.69 Å². The van der Waals surface area contributed by atoms with Crippen LogP contribution in [0, 0.1) is 6.92 Å². The molecule has 0 unspecified atom stereocenters. The maximum atomic E-state index is 11.1. The molecule has 14 heavy (non-hydrogen) atoms. The Hall–Kier alpha value is -1.15. The molecule has 1 aromatic rings. The summed E-state index contributed by atoms with van der Waals surface area (Å²) in [5.74, 6) is 0.374. The third-order valence-corrected chi connectivity index (χ3v) is 2.76. The van der Waals surface area contributed by atoms with Crippen molar-refractivity contribution in [3.63, 3.8) is 0 Å². The molecule has 2 heteroatoms. The molecule has 1 saturated heterocycles. The summed E-state index contributed by atoms with van der Waals surface area (Å²) in [6.07, 6.45) is 0.728. The van der Waals surface area contributed by atoms with Gasteiger partial charge in [-0.1, -0.05) is 24.3 Å². The van der Waals surface area contributed by atoms with Crippen molar-refractivity contribution in [1.82, 2.24) is 4.90 Å². The summed E-state index contributed by atoms with van der Waals surface area (Å²) in [5.41, 5.74) is 2.65. The number of ketones is 1. The lowest BCUT2D eigenvalue weighted by atomic mass is 10.1. The quantitative estimate of drug-likeness (QED) is 0.706. The van der Waals surface area contributed by atoms with E-state index >= 15 is 0 Å². The Morgan fingerprint density at radius 1 is 1.36 bits per heavy atom. The summed E-state index contributed by atoms with van der Waals surface area (Å²) in [6, 6.07) is 8.36. The molecule has 1 aliphatic rings. The molecule has 0 bridgehead atoms. The lowest BCUT2D eigenvalue weighted by molar-refractivity contribution is -0.116. The molecule has 1 aliphatic heterocycles. The Balaban J connectivity index is 2.04. The van der Waals surface area contributed by atoms with Gasteiger partial charge in [-0.25, -0.2) is 0 Å². The van der Waals surface area contributed by atoms with Crippen LogP contribution in [-0.4, -0.2) is 23.8 Å². The highest BCUT2D eigenvalue weighted by molar-refractivity contribution is 5.82. The van der Waals surface area contributed by atoms with Gasteiger partial charge in [0.25, 0.3) is 0 Å². The Kier molecular flexibility index (Phi) is 2.64. The van der Waals surface area contributed by atoms with Crippen LogP contribution in [0.5, 0.6) is 0 Å². The van der Waals surface area contributed by atoms with E-state index in [1.807, 2.05) is 6.07 Å². The predicted molar refractivity (Wildman–Crippen MR) is 56.1 cm³/mol. The highest BCUT2D eigenvalue weighted by Crippen LogP contribution is 2.13. The van der Waals surface area contributed by atoms with E-state index < -0.39 is 0 Å². The molecule has 2 nitrogen and oxygen atoms in total. The van der Waals surface area contributed by atoms with Crippen LogP contribution in [0.25, 0.3) is 0 Å². The molecule has 74 valence electrons. The highest BCUT2D eigenvalue weighted by atomic mass is 16.1. The number of rotatable bonds is 2. The number of hydrogen-bond donors (Lipinski definition) is 0. The van der Waals surface area contributed by atoms with Crippen molar-refractivity contribution in [2.24, 2.45) is 0 Å². The molecule has 0 atom stereocenters. The van der Waals surface area contributed by atoms with Crippen LogP contribution in [-0.2, 0) is 11.3 Å². The molecule has 0 spiro atoms. The number of carbonyl (C=O) groups excluding carboxylic acids is 1. The average molecular weight is 189 g/mol. The molecule has 1 heterocycles. The van der Waals surface area contributed by atoms with E-state index in [9.17, 15) is 4.79 Å². The Labute approximate surface area is 84.5 Å². The van der Waals surface area contributed by atoms with E-state index in [0.29, 0.717) is 12.3 Å². The molecule has 0 aromatic heterocycles. The van der Waals surface area contributed by atoms with Crippen molar-refractivity contribution in [1.29, 1.82) is 0 Å².